The number of rotatable bonds is 11. The minimum atomic E-state index is -0.847. The first kappa shape index (κ1) is 20.9. The van der Waals surface area contributed by atoms with Crippen LogP contribution in [0, 0.1) is 10.1 Å². The molecule has 1 atom stereocenters. The Morgan fingerprint density at radius 3 is 2.63 bits per heavy atom. The Morgan fingerprint density at radius 1 is 1.07 bits per heavy atom. The number of benzene rings is 2. The largest absolute Gasteiger partial charge is 0.456 e. The Hall–Kier alpha value is -3.82. The van der Waals surface area contributed by atoms with Crippen LogP contribution < -0.4 is 0 Å². The summed E-state index contributed by atoms with van der Waals surface area (Å²) < 4.78 is 16.7. The van der Waals surface area contributed by atoms with Crippen LogP contribution in [0.1, 0.15) is 11.7 Å². The van der Waals surface area contributed by atoms with E-state index in [4.69, 9.17) is 25.0 Å². The number of furan rings is 1. The normalized spacial score (nSPS) is 11.7. The molecule has 1 heterocycles. The van der Waals surface area contributed by atoms with Crippen molar-refractivity contribution in [3.05, 3.63) is 73.0 Å². The highest BCUT2D eigenvalue weighted by Crippen LogP contribution is 2.37. The third-order valence-corrected chi connectivity index (χ3v) is 4.33. The van der Waals surface area contributed by atoms with E-state index in [1.165, 1.54) is 6.07 Å². The summed E-state index contributed by atoms with van der Waals surface area (Å²) in [6.07, 6.45) is -0.847. The highest BCUT2D eigenvalue weighted by atomic mass is 16.6. The lowest BCUT2D eigenvalue weighted by Crippen LogP contribution is -2.14. The molecule has 3 aromatic rings. The van der Waals surface area contributed by atoms with Crippen molar-refractivity contribution in [2.24, 2.45) is 10.2 Å². The van der Waals surface area contributed by atoms with Crippen LogP contribution in [0.2, 0.25) is 0 Å². The molecule has 0 radical (unpaired) electrons. The maximum atomic E-state index is 11.7. The van der Waals surface area contributed by atoms with E-state index in [9.17, 15) is 10.1 Å². The fraction of sp³-hybridized carbons (Fsp3) is 0.333. The van der Waals surface area contributed by atoms with Gasteiger partial charge in [-0.05, 0) is 23.2 Å². The molecule has 0 bridgehead atoms. The number of hydrogen-bond donors (Lipinski definition) is 0. The van der Waals surface area contributed by atoms with Crippen LogP contribution in [-0.4, -0.2) is 37.8 Å². The molecule has 0 saturated heterocycles. The number of para-hydroxylation sites is 1. The van der Waals surface area contributed by atoms with Gasteiger partial charge >= 0.3 is 0 Å². The van der Waals surface area contributed by atoms with Crippen molar-refractivity contribution in [1.29, 1.82) is 0 Å². The molecule has 154 valence electrons. The fourth-order valence-corrected chi connectivity index (χ4v) is 3.05. The summed E-state index contributed by atoms with van der Waals surface area (Å²) in [5.74, 6) is 0. The van der Waals surface area contributed by atoms with Gasteiger partial charge in [-0.2, -0.15) is 0 Å². The maximum Gasteiger partial charge on any atom is 0.278 e. The van der Waals surface area contributed by atoms with Crippen LogP contribution in [0.3, 0.4) is 0 Å². The number of nitro benzene ring substituents is 1. The summed E-state index contributed by atoms with van der Waals surface area (Å²) in [4.78, 5) is 16.5. The molecule has 0 aliphatic rings. The molecule has 0 fully saturated rings. The number of nitrogens with zero attached hydrogens (tertiary/aromatic N) is 7. The second kappa shape index (κ2) is 10.1. The molecule has 0 aliphatic heterocycles. The van der Waals surface area contributed by atoms with Crippen molar-refractivity contribution in [2.75, 3.05) is 32.9 Å². The zero-order valence-corrected chi connectivity index (χ0v) is 15.7. The molecule has 0 aliphatic carbocycles. The average Bonchev–Trinajstić information content (AvgIpc) is 3.12. The van der Waals surface area contributed by atoms with Crippen LogP contribution >= 0.6 is 0 Å². The summed E-state index contributed by atoms with van der Waals surface area (Å²) in [5.41, 5.74) is 18.0. The van der Waals surface area contributed by atoms with Gasteiger partial charge in [-0.15, -0.1) is 0 Å². The fourth-order valence-electron chi connectivity index (χ4n) is 3.05. The van der Waals surface area contributed by atoms with Crippen LogP contribution in [-0.2, 0) is 9.47 Å². The summed E-state index contributed by atoms with van der Waals surface area (Å²) in [6, 6.07) is 10.3. The minimum Gasteiger partial charge on any atom is -0.456 e. The van der Waals surface area contributed by atoms with Gasteiger partial charge in [-0.3, -0.25) is 10.1 Å². The maximum absolute atomic E-state index is 11.7. The molecular formula is C18H17N7O5. The summed E-state index contributed by atoms with van der Waals surface area (Å²) in [5, 5.41) is 20.1. The van der Waals surface area contributed by atoms with E-state index in [0.717, 1.165) is 5.39 Å². The summed E-state index contributed by atoms with van der Waals surface area (Å²) in [7, 11) is 0. The van der Waals surface area contributed by atoms with Crippen LogP contribution in [0.25, 0.3) is 42.8 Å². The van der Waals surface area contributed by atoms with E-state index in [0.29, 0.717) is 16.6 Å². The highest BCUT2D eigenvalue weighted by molar-refractivity contribution is 6.05. The monoisotopic (exact) mass is 411 g/mol. The number of hydrogen-bond acceptors (Lipinski definition) is 7. The van der Waals surface area contributed by atoms with E-state index < -0.39 is 11.0 Å². The third-order valence-electron chi connectivity index (χ3n) is 4.33. The van der Waals surface area contributed by atoms with Crippen LogP contribution in [0.4, 0.5) is 5.69 Å². The quantitative estimate of drug-likeness (QED) is 0.105. The number of nitro groups is 1. The number of azide groups is 2. The average molecular weight is 411 g/mol. The first-order valence-electron chi connectivity index (χ1n) is 8.96. The van der Waals surface area contributed by atoms with Gasteiger partial charge in [0.25, 0.3) is 5.69 Å². The Bertz CT molecular complexity index is 1150. The van der Waals surface area contributed by atoms with Crippen molar-refractivity contribution in [1.82, 2.24) is 0 Å². The smallest absolute Gasteiger partial charge is 0.278 e. The third kappa shape index (κ3) is 4.77. The molecule has 0 spiro atoms. The second-order valence-corrected chi connectivity index (χ2v) is 6.10. The van der Waals surface area contributed by atoms with Crippen molar-refractivity contribution in [2.45, 2.75) is 6.10 Å². The van der Waals surface area contributed by atoms with Crippen molar-refractivity contribution in [3.8, 4) is 0 Å². The van der Waals surface area contributed by atoms with Crippen molar-refractivity contribution in [3.63, 3.8) is 0 Å². The standard InChI is InChI=1S/C18H17N7O5/c19-23-21-5-6-28-7-8-29-18(11-22-24-20)14-9-13-12-3-1-2-4-16(12)30-17(13)10-15(14)25(26)27/h1-4,9-10,18H,5-8,11H2. The first-order chi connectivity index (χ1) is 14.7. The van der Waals surface area contributed by atoms with E-state index in [2.05, 4.69) is 20.1 Å². The lowest BCUT2D eigenvalue weighted by Gasteiger charge is -2.16. The van der Waals surface area contributed by atoms with E-state index in [1.807, 2.05) is 18.2 Å². The molecule has 2 aromatic carbocycles. The van der Waals surface area contributed by atoms with Gasteiger partial charge in [0, 0.05) is 27.1 Å². The van der Waals surface area contributed by atoms with Gasteiger partial charge in [-0.25, -0.2) is 0 Å². The molecule has 30 heavy (non-hydrogen) atoms. The van der Waals surface area contributed by atoms with Gasteiger partial charge in [-0.1, -0.05) is 28.4 Å². The molecule has 1 aromatic heterocycles. The molecule has 1 unspecified atom stereocenters. The summed E-state index contributed by atoms with van der Waals surface area (Å²) in [6.45, 7) is 0.564. The lowest BCUT2D eigenvalue weighted by molar-refractivity contribution is -0.386. The van der Waals surface area contributed by atoms with Gasteiger partial charge in [0.15, 0.2) is 0 Å². The topological polar surface area (TPSA) is 172 Å². The van der Waals surface area contributed by atoms with Gasteiger partial charge in [0.05, 0.1) is 49.0 Å². The predicted molar refractivity (Wildman–Crippen MR) is 108 cm³/mol. The molecule has 12 nitrogen and oxygen atoms in total. The zero-order valence-electron chi connectivity index (χ0n) is 15.7. The van der Waals surface area contributed by atoms with E-state index in [1.54, 1.807) is 12.1 Å². The Morgan fingerprint density at radius 2 is 1.87 bits per heavy atom. The zero-order chi connectivity index (χ0) is 21.3. The molecule has 0 N–H and O–H groups in total. The van der Waals surface area contributed by atoms with Gasteiger partial charge < -0.3 is 13.9 Å². The Kier molecular flexibility index (Phi) is 7.04. The minimum absolute atomic E-state index is 0.100. The van der Waals surface area contributed by atoms with Crippen LogP contribution in [0.15, 0.2) is 51.0 Å². The molecular weight excluding hydrogens is 394 g/mol. The number of ether oxygens (including phenoxy) is 2. The van der Waals surface area contributed by atoms with E-state index >= 15 is 0 Å². The predicted octanol–water partition coefficient (Wildman–Crippen LogP) is 5.19. The first-order valence-corrected chi connectivity index (χ1v) is 8.96. The van der Waals surface area contributed by atoms with Crippen LogP contribution in [0.5, 0.6) is 0 Å². The Balaban J connectivity index is 1.90. The lowest BCUT2D eigenvalue weighted by atomic mass is 10.0. The molecule has 3 rings (SSSR count). The summed E-state index contributed by atoms with van der Waals surface area (Å²) >= 11 is 0. The molecule has 0 amide bonds. The van der Waals surface area contributed by atoms with Crippen molar-refractivity contribution >= 4 is 27.6 Å². The molecule has 0 saturated carbocycles. The SMILES string of the molecule is [N-]=[N+]=NCCOCCOC(CN=[N+]=[N-])c1cc2c(cc1[N+](=O)[O-])oc1ccccc12. The van der Waals surface area contributed by atoms with Gasteiger partial charge in [0.2, 0.25) is 0 Å². The van der Waals surface area contributed by atoms with E-state index in [-0.39, 0.29) is 44.2 Å². The number of fused-ring (bicyclic) bond motifs is 3. The highest BCUT2D eigenvalue weighted by Gasteiger charge is 2.25. The van der Waals surface area contributed by atoms with Crippen molar-refractivity contribution < 1.29 is 18.8 Å². The second-order valence-electron chi connectivity index (χ2n) is 6.10. The molecule has 12 heteroatoms. The van der Waals surface area contributed by atoms with Gasteiger partial charge in [0.1, 0.15) is 11.2 Å². The Labute approximate surface area is 169 Å².